The minimum Gasteiger partial charge on any atom is -0.481 e. The van der Waals surface area contributed by atoms with Gasteiger partial charge in [0, 0.05) is 12.8 Å². The topological polar surface area (TPSA) is 74.6 Å². The van der Waals surface area contributed by atoms with E-state index in [1.807, 2.05) is 0 Å². The van der Waals surface area contributed by atoms with Gasteiger partial charge < -0.3 is 10.2 Å². The number of aryl methyl sites for hydroxylation is 2. The van der Waals surface area contributed by atoms with E-state index in [4.69, 9.17) is 10.2 Å². The summed E-state index contributed by atoms with van der Waals surface area (Å²) in [5.41, 5.74) is 3.96. The van der Waals surface area contributed by atoms with Gasteiger partial charge >= 0.3 is 11.9 Å². The lowest BCUT2D eigenvalue weighted by molar-refractivity contribution is -0.138. The average Bonchev–Trinajstić information content (AvgIpc) is 2.48. The molecule has 0 saturated heterocycles. The SMILES string of the molecule is CCc1cccc(CCCCC(=O)O)c1CCCCC(=O)O. The highest BCUT2D eigenvalue weighted by molar-refractivity contribution is 5.66. The first kappa shape index (κ1) is 18.2. The van der Waals surface area contributed by atoms with Crippen LogP contribution >= 0.6 is 0 Å². The van der Waals surface area contributed by atoms with Crippen LogP contribution in [0.1, 0.15) is 62.1 Å². The van der Waals surface area contributed by atoms with Crippen molar-refractivity contribution in [3.8, 4) is 0 Å². The highest BCUT2D eigenvalue weighted by Crippen LogP contribution is 2.21. The molecule has 4 heteroatoms. The second-order valence-electron chi connectivity index (χ2n) is 5.61. The first-order valence-electron chi connectivity index (χ1n) is 8.07. The molecule has 0 atom stereocenters. The van der Waals surface area contributed by atoms with Gasteiger partial charge in [-0.25, -0.2) is 0 Å². The highest BCUT2D eigenvalue weighted by atomic mass is 16.4. The fourth-order valence-corrected chi connectivity index (χ4v) is 2.74. The summed E-state index contributed by atoms with van der Waals surface area (Å²) in [5, 5.41) is 17.4. The van der Waals surface area contributed by atoms with Crippen LogP contribution in [0.5, 0.6) is 0 Å². The van der Waals surface area contributed by atoms with Crippen molar-refractivity contribution in [2.24, 2.45) is 0 Å². The molecule has 0 aliphatic heterocycles. The third kappa shape index (κ3) is 6.74. The molecule has 0 fully saturated rings. The van der Waals surface area contributed by atoms with E-state index in [9.17, 15) is 9.59 Å². The standard InChI is InChI=1S/C18H26O4/c1-2-14-9-7-10-15(8-3-5-12-17(19)20)16(14)11-4-6-13-18(21)22/h7,9-10H,2-6,8,11-13H2,1H3,(H,19,20)(H,21,22). The van der Waals surface area contributed by atoms with Crippen LogP contribution in [-0.4, -0.2) is 22.2 Å². The molecule has 2 N–H and O–H groups in total. The predicted octanol–water partition coefficient (Wildman–Crippen LogP) is 3.84. The van der Waals surface area contributed by atoms with E-state index in [0.717, 1.165) is 32.1 Å². The van der Waals surface area contributed by atoms with Gasteiger partial charge in [0.05, 0.1) is 0 Å². The molecule has 22 heavy (non-hydrogen) atoms. The van der Waals surface area contributed by atoms with Crippen molar-refractivity contribution < 1.29 is 19.8 Å². The number of rotatable bonds is 11. The first-order chi connectivity index (χ1) is 10.5. The van der Waals surface area contributed by atoms with Crippen molar-refractivity contribution in [2.75, 3.05) is 0 Å². The van der Waals surface area contributed by atoms with E-state index < -0.39 is 11.9 Å². The predicted molar refractivity (Wildman–Crippen MR) is 86.2 cm³/mol. The van der Waals surface area contributed by atoms with E-state index in [2.05, 4.69) is 25.1 Å². The number of benzene rings is 1. The van der Waals surface area contributed by atoms with Gasteiger partial charge in [-0.1, -0.05) is 25.1 Å². The van der Waals surface area contributed by atoms with Gasteiger partial charge in [0.2, 0.25) is 0 Å². The molecule has 4 nitrogen and oxygen atoms in total. The van der Waals surface area contributed by atoms with Gasteiger partial charge in [-0.2, -0.15) is 0 Å². The first-order valence-corrected chi connectivity index (χ1v) is 8.07. The molecule has 0 heterocycles. The number of carboxylic acids is 2. The third-order valence-electron chi connectivity index (χ3n) is 3.91. The third-order valence-corrected chi connectivity index (χ3v) is 3.91. The van der Waals surface area contributed by atoms with Crippen LogP contribution in [0, 0.1) is 0 Å². The Balaban J connectivity index is 2.62. The summed E-state index contributed by atoms with van der Waals surface area (Å²) in [4.78, 5) is 21.1. The Bertz CT molecular complexity index is 494. The minimum absolute atomic E-state index is 0.224. The molecular formula is C18H26O4. The smallest absolute Gasteiger partial charge is 0.303 e. The zero-order valence-electron chi connectivity index (χ0n) is 13.3. The normalized spacial score (nSPS) is 10.6. The van der Waals surface area contributed by atoms with Gasteiger partial charge in [-0.05, 0) is 61.6 Å². The minimum atomic E-state index is -0.740. The summed E-state index contributed by atoms with van der Waals surface area (Å²) in [6.45, 7) is 2.13. The van der Waals surface area contributed by atoms with Crippen molar-refractivity contribution in [3.05, 3.63) is 34.9 Å². The van der Waals surface area contributed by atoms with Crippen molar-refractivity contribution in [1.29, 1.82) is 0 Å². The summed E-state index contributed by atoms with van der Waals surface area (Å²) in [7, 11) is 0. The number of carboxylic acid groups (broad SMARTS) is 2. The van der Waals surface area contributed by atoms with E-state index in [0.29, 0.717) is 12.8 Å². The lowest BCUT2D eigenvalue weighted by atomic mass is 9.92. The van der Waals surface area contributed by atoms with E-state index in [1.165, 1.54) is 16.7 Å². The number of hydrogen-bond donors (Lipinski definition) is 2. The largest absolute Gasteiger partial charge is 0.481 e. The molecular weight excluding hydrogens is 280 g/mol. The molecule has 0 radical (unpaired) electrons. The zero-order valence-corrected chi connectivity index (χ0v) is 13.3. The molecule has 1 rings (SSSR count). The molecule has 0 aliphatic carbocycles. The van der Waals surface area contributed by atoms with Crippen LogP contribution in [0.3, 0.4) is 0 Å². The Morgan fingerprint density at radius 1 is 0.864 bits per heavy atom. The van der Waals surface area contributed by atoms with Crippen molar-refractivity contribution in [1.82, 2.24) is 0 Å². The Kier molecular flexibility index (Phi) is 8.26. The van der Waals surface area contributed by atoms with Crippen LogP contribution in [-0.2, 0) is 28.9 Å². The summed E-state index contributed by atoms with van der Waals surface area (Å²) in [6, 6.07) is 6.31. The molecule has 0 amide bonds. The molecule has 0 unspecified atom stereocenters. The van der Waals surface area contributed by atoms with E-state index in [-0.39, 0.29) is 12.8 Å². The van der Waals surface area contributed by atoms with E-state index >= 15 is 0 Å². The molecule has 0 spiro atoms. The highest BCUT2D eigenvalue weighted by Gasteiger charge is 2.08. The summed E-state index contributed by atoms with van der Waals surface area (Å²) < 4.78 is 0. The number of aliphatic carboxylic acids is 2. The Labute approximate surface area is 132 Å². The summed E-state index contributed by atoms with van der Waals surface area (Å²) >= 11 is 0. The lowest BCUT2D eigenvalue weighted by Crippen LogP contribution is -2.02. The van der Waals surface area contributed by atoms with Gasteiger partial charge in [0.15, 0.2) is 0 Å². The molecule has 0 aliphatic rings. The second kappa shape index (κ2) is 9.98. The molecule has 1 aromatic carbocycles. The quantitative estimate of drug-likeness (QED) is 0.609. The number of carbonyl (C=O) groups is 2. The van der Waals surface area contributed by atoms with Crippen LogP contribution in [0.2, 0.25) is 0 Å². The molecule has 122 valence electrons. The van der Waals surface area contributed by atoms with Crippen LogP contribution < -0.4 is 0 Å². The fourth-order valence-electron chi connectivity index (χ4n) is 2.74. The van der Waals surface area contributed by atoms with Gasteiger partial charge in [-0.3, -0.25) is 9.59 Å². The van der Waals surface area contributed by atoms with Crippen molar-refractivity contribution in [2.45, 2.75) is 64.7 Å². The Morgan fingerprint density at radius 2 is 1.41 bits per heavy atom. The van der Waals surface area contributed by atoms with Crippen LogP contribution in [0.4, 0.5) is 0 Å². The molecule has 0 bridgehead atoms. The average molecular weight is 306 g/mol. The molecule has 1 aromatic rings. The maximum atomic E-state index is 10.6. The second-order valence-corrected chi connectivity index (χ2v) is 5.61. The number of unbranched alkanes of at least 4 members (excludes halogenated alkanes) is 2. The molecule has 0 aromatic heterocycles. The zero-order chi connectivity index (χ0) is 16.4. The maximum absolute atomic E-state index is 10.6. The van der Waals surface area contributed by atoms with Gasteiger partial charge in [-0.15, -0.1) is 0 Å². The lowest BCUT2D eigenvalue weighted by Gasteiger charge is -2.14. The number of hydrogen-bond acceptors (Lipinski definition) is 2. The summed E-state index contributed by atoms with van der Waals surface area (Å²) in [5.74, 6) is -1.48. The fraction of sp³-hybridized carbons (Fsp3) is 0.556. The molecule has 0 saturated carbocycles. The monoisotopic (exact) mass is 306 g/mol. The van der Waals surface area contributed by atoms with E-state index in [1.54, 1.807) is 0 Å². The van der Waals surface area contributed by atoms with Gasteiger partial charge in [0.25, 0.3) is 0 Å². The Hall–Kier alpha value is -1.84. The summed E-state index contributed by atoms with van der Waals surface area (Å²) in [6.07, 6.45) is 6.38. The van der Waals surface area contributed by atoms with Crippen LogP contribution in [0.15, 0.2) is 18.2 Å². The van der Waals surface area contributed by atoms with Crippen molar-refractivity contribution >= 4 is 11.9 Å². The van der Waals surface area contributed by atoms with Gasteiger partial charge in [0.1, 0.15) is 0 Å². The van der Waals surface area contributed by atoms with Crippen LogP contribution in [0.25, 0.3) is 0 Å². The maximum Gasteiger partial charge on any atom is 0.303 e. The Morgan fingerprint density at radius 3 is 1.95 bits per heavy atom. The van der Waals surface area contributed by atoms with Crippen molar-refractivity contribution in [3.63, 3.8) is 0 Å².